The Balaban J connectivity index is 2.10. The minimum Gasteiger partial charge on any atom is -0.488 e. The van der Waals surface area contributed by atoms with Crippen molar-refractivity contribution >= 4 is 11.4 Å². The highest BCUT2D eigenvalue weighted by Crippen LogP contribution is 2.40. The first-order valence-electron chi connectivity index (χ1n) is 6.89. The highest BCUT2D eigenvalue weighted by molar-refractivity contribution is 5.68. The van der Waals surface area contributed by atoms with Gasteiger partial charge in [0.25, 0.3) is 0 Å². The molecule has 19 heavy (non-hydrogen) atoms. The van der Waals surface area contributed by atoms with Crippen LogP contribution in [0.4, 0.5) is 15.8 Å². The van der Waals surface area contributed by atoms with Gasteiger partial charge in [-0.2, -0.15) is 0 Å². The van der Waals surface area contributed by atoms with Gasteiger partial charge in [-0.25, -0.2) is 4.39 Å². The lowest BCUT2D eigenvalue weighted by Gasteiger charge is -2.38. The summed E-state index contributed by atoms with van der Waals surface area (Å²) in [5, 5.41) is 3.32. The Morgan fingerprint density at radius 3 is 2.63 bits per heavy atom. The van der Waals surface area contributed by atoms with Crippen molar-refractivity contribution in [2.24, 2.45) is 5.41 Å². The van der Waals surface area contributed by atoms with Crippen LogP contribution >= 0.6 is 0 Å². The summed E-state index contributed by atoms with van der Waals surface area (Å²) in [6.45, 7) is 6.87. The fourth-order valence-corrected chi connectivity index (χ4v) is 2.33. The lowest BCUT2D eigenvalue weighted by molar-refractivity contribution is 0.180. The number of nitrogen functional groups attached to an aromatic ring is 1. The Morgan fingerprint density at radius 2 is 2.11 bits per heavy atom. The molecule has 0 aliphatic heterocycles. The maximum Gasteiger partial charge on any atom is 0.167 e. The van der Waals surface area contributed by atoms with Gasteiger partial charge in [-0.05, 0) is 32.1 Å². The molecule has 1 aliphatic rings. The molecule has 0 heterocycles. The van der Waals surface area contributed by atoms with Crippen LogP contribution in [0.3, 0.4) is 0 Å². The maximum atomic E-state index is 13.7. The first kappa shape index (κ1) is 14.0. The minimum atomic E-state index is -0.411. The van der Waals surface area contributed by atoms with Crippen molar-refractivity contribution in [3.63, 3.8) is 0 Å². The third-order valence-electron chi connectivity index (χ3n) is 3.73. The number of hydrogen-bond donors (Lipinski definition) is 2. The molecular weight excluding hydrogens is 243 g/mol. The van der Waals surface area contributed by atoms with Crippen LogP contribution in [0.1, 0.15) is 40.0 Å². The summed E-state index contributed by atoms with van der Waals surface area (Å²) >= 11 is 0. The van der Waals surface area contributed by atoms with E-state index in [-0.39, 0.29) is 11.9 Å². The second-order valence-corrected chi connectivity index (χ2v) is 6.05. The number of rotatable bonds is 5. The molecule has 0 atom stereocenters. The highest BCUT2D eigenvalue weighted by atomic mass is 19.1. The van der Waals surface area contributed by atoms with Crippen molar-refractivity contribution in [2.45, 2.75) is 46.1 Å². The molecule has 3 N–H and O–H groups in total. The molecule has 1 fully saturated rings. The van der Waals surface area contributed by atoms with E-state index >= 15 is 0 Å². The normalized spacial score (nSPS) is 17.1. The minimum absolute atomic E-state index is 0.0601. The second-order valence-electron chi connectivity index (χ2n) is 6.05. The summed E-state index contributed by atoms with van der Waals surface area (Å²) < 4.78 is 19.2. The summed E-state index contributed by atoms with van der Waals surface area (Å²) in [6, 6.07) is 2.98. The molecule has 0 aromatic heterocycles. The van der Waals surface area contributed by atoms with Crippen molar-refractivity contribution in [3.8, 4) is 5.75 Å². The van der Waals surface area contributed by atoms with E-state index in [1.54, 1.807) is 6.07 Å². The Kier molecular flexibility index (Phi) is 3.88. The molecule has 0 spiro atoms. The number of anilines is 2. The van der Waals surface area contributed by atoms with Crippen LogP contribution in [-0.2, 0) is 0 Å². The average molecular weight is 266 g/mol. The third-order valence-corrected chi connectivity index (χ3v) is 3.73. The van der Waals surface area contributed by atoms with Crippen molar-refractivity contribution in [2.75, 3.05) is 17.6 Å². The van der Waals surface area contributed by atoms with E-state index in [1.807, 2.05) is 13.8 Å². The molecule has 0 amide bonds. The van der Waals surface area contributed by atoms with Crippen LogP contribution < -0.4 is 15.8 Å². The van der Waals surface area contributed by atoms with E-state index in [2.05, 4.69) is 12.2 Å². The number of nitrogens with two attached hydrogens (primary N) is 1. The largest absolute Gasteiger partial charge is 0.488 e. The van der Waals surface area contributed by atoms with Gasteiger partial charge in [-0.3, -0.25) is 0 Å². The SMILES string of the molecule is CC(C)Oc1cc(NCC2(C)CCC2)c(N)cc1F. The molecule has 0 bridgehead atoms. The molecule has 106 valence electrons. The Morgan fingerprint density at radius 1 is 1.42 bits per heavy atom. The number of halogens is 1. The van der Waals surface area contributed by atoms with Crippen molar-refractivity contribution in [1.82, 2.24) is 0 Å². The van der Waals surface area contributed by atoms with Crippen molar-refractivity contribution in [1.29, 1.82) is 0 Å². The standard InChI is InChI=1S/C15H23FN2O/c1-10(2)19-14-8-13(12(17)7-11(14)16)18-9-15(3)5-4-6-15/h7-8,10,18H,4-6,9,17H2,1-3H3. The molecule has 1 aliphatic carbocycles. The fourth-order valence-electron chi connectivity index (χ4n) is 2.33. The molecule has 4 heteroatoms. The van der Waals surface area contributed by atoms with E-state index in [1.165, 1.54) is 25.3 Å². The van der Waals surface area contributed by atoms with E-state index < -0.39 is 5.82 Å². The average Bonchev–Trinajstić information content (AvgIpc) is 2.28. The highest BCUT2D eigenvalue weighted by Gasteiger charge is 2.31. The number of hydrogen-bond acceptors (Lipinski definition) is 3. The third kappa shape index (κ3) is 3.31. The molecule has 1 aromatic rings. The summed E-state index contributed by atoms with van der Waals surface area (Å²) in [5.74, 6) is -0.155. The van der Waals surface area contributed by atoms with Crippen LogP contribution in [0.15, 0.2) is 12.1 Å². The quantitative estimate of drug-likeness (QED) is 0.797. The summed E-state index contributed by atoms with van der Waals surface area (Å²) in [4.78, 5) is 0. The second kappa shape index (κ2) is 5.27. The number of benzene rings is 1. The molecule has 0 radical (unpaired) electrons. The van der Waals surface area contributed by atoms with Crippen LogP contribution in [0.5, 0.6) is 5.75 Å². The Hall–Kier alpha value is -1.45. The van der Waals surface area contributed by atoms with Crippen molar-refractivity contribution < 1.29 is 9.13 Å². The Labute approximate surface area is 114 Å². The van der Waals surface area contributed by atoms with E-state index in [0.717, 1.165) is 12.2 Å². The Bertz CT molecular complexity index is 456. The number of nitrogens with one attached hydrogen (secondary N) is 1. The number of ether oxygens (including phenoxy) is 1. The summed E-state index contributed by atoms with van der Waals surface area (Å²) in [6.07, 6.45) is 3.70. The van der Waals surface area contributed by atoms with Crippen LogP contribution in [0, 0.1) is 11.2 Å². The van der Waals surface area contributed by atoms with Crippen molar-refractivity contribution in [3.05, 3.63) is 17.9 Å². The molecule has 1 aromatic carbocycles. The molecule has 1 saturated carbocycles. The molecule has 0 unspecified atom stereocenters. The zero-order valence-electron chi connectivity index (χ0n) is 11.9. The van der Waals surface area contributed by atoms with Gasteiger partial charge in [-0.1, -0.05) is 13.3 Å². The topological polar surface area (TPSA) is 47.3 Å². The van der Waals surface area contributed by atoms with Gasteiger partial charge in [0, 0.05) is 18.7 Å². The predicted molar refractivity (Wildman–Crippen MR) is 77.0 cm³/mol. The molecule has 3 nitrogen and oxygen atoms in total. The van der Waals surface area contributed by atoms with Gasteiger partial charge in [0.2, 0.25) is 0 Å². The van der Waals surface area contributed by atoms with Crippen LogP contribution in [-0.4, -0.2) is 12.6 Å². The summed E-state index contributed by atoms with van der Waals surface area (Å²) in [7, 11) is 0. The van der Waals surface area contributed by atoms with Gasteiger partial charge in [0.1, 0.15) is 0 Å². The monoisotopic (exact) mass is 266 g/mol. The van der Waals surface area contributed by atoms with Crippen LogP contribution in [0.25, 0.3) is 0 Å². The molecule has 2 rings (SSSR count). The predicted octanol–water partition coefficient (Wildman–Crippen LogP) is 3.80. The van der Waals surface area contributed by atoms with Gasteiger partial charge in [0.05, 0.1) is 17.5 Å². The maximum absolute atomic E-state index is 13.7. The van der Waals surface area contributed by atoms with Gasteiger partial charge < -0.3 is 15.8 Å². The van der Waals surface area contributed by atoms with Gasteiger partial charge >= 0.3 is 0 Å². The summed E-state index contributed by atoms with van der Waals surface area (Å²) in [5.41, 5.74) is 7.38. The smallest absolute Gasteiger partial charge is 0.167 e. The van der Waals surface area contributed by atoms with Gasteiger partial charge in [0.15, 0.2) is 11.6 Å². The zero-order valence-corrected chi connectivity index (χ0v) is 11.9. The molecule has 0 saturated heterocycles. The lowest BCUT2D eigenvalue weighted by Crippen LogP contribution is -2.33. The first-order valence-corrected chi connectivity index (χ1v) is 6.89. The fraction of sp³-hybridized carbons (Fsp3) is 0.600. The lowest BCUT2D eigenvalue weighted by atomic mass is 9.70. The molecular formula is C15H23FN2O. The van der Waals surface area contributed by atoms with E-state index in [0.29, 0.717) is 11.1 Å². The van der Waals surface area contributed by atoms with E-state index in [9.17, 15) is 4.39 Å². The zero-order chi connectivity index (χ0) is 14.0. The van der Waals surface area contributed by atoms with E-state index in [4.69, 9.17) is 10.5 Å². The van der Waals surface area contributed by atoms with Crippen LogP contribution in [0.2, 0.25) is 0 Å². The van der Waals surface area contributed by atoms with Gasteiger partial charge in [-0.15, -0.1) is 0 Å². The first-order chi connectivity index (χ1) is 8.89.